The molecular formula is C20H24ClFN2O2. The van der Waals surface area contributed by atoms with Crippen molar-refractivity contribution in [2.75, 3.05) is 5.32 Å². The van der Waals surface area contributed by atoms with Gasteiger partial charge in [-0.1, -0.05) is 24.6 Å². The van der Waals surface area contributed by atoms with Crippen LogP contribution in [0.2, 0.25) is 0 Å². The predicted molar refractivity (Wildman–Crippen MR) is 103 cm³/mol. The zero-order chi connectivity index (χ0) is 17.6. The van der Waals surface area contributed by atoms with Gasteiger partial charge in [-0.15, -0.1) is 12.4 Å². The summed E-state index contributed by atoms with van der Waals surface area (Å²) in [5.74, 6) is 0.327. The van der Waals surface area contributed by atoms with E-state index in [9.17, 15) is 9.18 Å². The second-order valence-electron chi connectivity index (χ2n) is 6.56. The molecule has 26 heavy (non-hydrogen) atoms. The van der Waals surface area contributed by atoms with Crippen molar-refractivity contribution in [2.24, 2.45) is 11.7 Å². The summed E-state index contributed by atoms with van der Waals surface area (Å²) in [4.78, 5) is 12.4. The molecule has 0 radical (unpaired) electrons. The minimum Gasteiger partial charge on any atom is -0.489 e. The van der Waals surface area contributed by atoms with E-state index >= 15 is 0 Å². The number of carbonyl (C=O) groups excluding carboxylic acids is 1. The molecule has 1 amide bonds. The van der Waals surface area contributed by atoms with Crippen molar-refractivity contribution < 1.29 is 13.9 Å². The van der Waals surface area contributed by atoms with Gasteiger partial charge in [0, 0.05) is 23.7 Å². The first-order chi connectivity index (χ1) is 12.1. The number of carbonyl (C=O) groups is 1. The maximum Gasteiger partial charge on any atom is 0.227 e. The quantitative estimate of drug-likeness (QED) is 0.816. The van der Waals surface area contributed by atoms with Crippen LogP contribution < -0.4 is 15.8 Å². The Bertz CT molecular complexity index is 741. The normalized spacial score (nSPS) is 19.3. The molecule has 140 valence electrons. The smallest absolute Gasteiger partial charge is 0.227 e. The summed E-state index contributed by atoms with van der Waals surface area (Å²) >= 11 is 0. The van der Waals surface area contributed by atoms with Crippen LogP contribution in [0.15, 0.2) is 48.5 Å². The zero-order valence-corrected chi connectivity index (χ0v) is 15.3. The molecule has 2 aromatic rings. The summed E-state index contributed by atoms with van der Waals surface area (Å²) in [6.07, 6.45) is 3.61. The average molecular weight is 379 g/mol. The molecule has 4 nitrogen and oxygen atoms in total. The Kier molecular flexibility index (Phi) is 7.42. The minimum absolute atomic E-state index is 0. The van der Waals surface area contributed by atoms with E-state index in [0.29, 0.717) is 11.4 Å². The molecule has 2 unspecified atom stereocenters. The summed E-state index contributed by atoms with van der Waals surface area (Å²) in [6.45, 7) is 0.270. The number of amides is 1. The Morgan fingerprint density at radius 3 is 2.77 bits per heavy atom. The van der Waals surface area contributed by atoms with Gasteiger partial charge in [-0.3, -0.25) is 4.79 Å². The highest BCUT2D eigenvalue weighted by Crippen LogP contribution is 2.25. The fourth-order valence-corrected chi connectivity index (χ4v) is 3.17. The van der Waals surface area contributed by atoms with Gasteiger partial charge in [0.2, 0.25) is 5.91 Å². The van der Waals surface area contributed by atoms with E-state index in [-0.39, 0.29) is 42.7 Å². The number of hydrogen-bond acceptors (Lipinski definition) is 3. The summed E-state index contributed by atoms with van der Waals surface area (Å²) in [6, 6.07) is 13.7. The Hall–Kier alpha value is -2.11. The third kappa shape index (κ3) is 5.71. The van der Waals surface area contributed by atoms with Crippen LogP contribution in [0, 0.1) is 11.7 Å². The number of ether oxygens (including phenoxy) is 1. The van der Waals surface area contributed by atoms with E-state index in [1.807, 2.05) is 18.2 Å². The Labute approximate surface area is 159 Å². The van der Waals surface area contributed by atoms with Crippen LogP contribution in [0.1, 0.15) is 31.2 Å². The first kappa shape index (κ1) is 20.2. The molecular weight excluding hydrogens is 355 g/mol. The van der Waals surface area contributed by atoms with Crippen molar-refractivity contribution in [1.82, 2.24) is 0 Å². The van der Waals surface area contributed by atoms with E-state index < -0.39 is 0 Å². The van der Waals surface area contributed by atoms with Crippen LogP contribution in [0.4, 0.5) is 10.1 Å². The van der Waals surface area contributed by atoms with Crippen molar-refractivity contribution in [3.05, 3.63) is 59.9 Å². The Balaban J connectivity index is 0.00000243. The van der Waals surface area contributed by atoms with E-state index in [1.165, 1.54) is 12.1 Å². The molecule has 0 heterocycles. The van der Waals surface area contributed by atoms with Gasteiger partial charge in [0.05, 0.1) is 0 Å². The first-order valence-corrected chi connectivity index (χ1v) is 8.64. The lowest BCUT2D eigenvalue weighted by Crippen LogP contribution is -2.34. The van der Waals surface area contributed by atoms with Crippen LogP contribution in [0.3, 0.4) is 0 Å². The molecule has 1 saturated carbocycles. The summed E-state index contributed by atoms with van der Waals surface area (Å²) in [5, 5.41) is 2.95. The van der Waals surface area contributed by atoms with Gasteiger partial charge in [-0.25, -0.2) is 4.39 Å². The van der Waals surface area contributed by atoms with Crippen molar-refractivity contribution in [3.8, 4) is 5.75 Å². The number of benzene rings is 2. The molecule has 1 fully saturated rings. The third-order valence-corrected chi connectivity index (χ3v) is 4.48. The Morgan fingerprint density at radius 2 is 2.00 bits per heavy atom. The lowest BCUT2D eigenvalue weighted by molar-refractivity contribution is -0.120. The van der Waals surface area contributed by atoms with Gasteiger partial charge in [-0.2, -0.15) is 0 Å². The summed E-state index contributed by atoms with van der Waals surface area (Å²) in [5.41, 5.74) is 7.41. The number of hydrogen-bond donors (Lipinski definition) is 2. The van der Waals surface area contributed by atoms with Crippen molar-refractivity contribution in [2.45, 2.75) is 38.3 Å². The van der Waals surface area contributed by atoms with Gasteiger partial charge in [0.25, 0.3) is 0 Å². The number of rotatable bonds is 5. The topological polar surface area (TPSA) is 64.4 Å². The van der Waals surface area contributed by atoms with Crippen molar-refractivity contribution >= 4 is 24.0 Å². The monoisotopic (exact) mass is 378 g/mol. The standard InChI is InChI=1S/C20H23FN2O2.ClH/c21-16-6-1-4-14(10-16)13-25-19-9-3-8-18(12-19)23-20(24)15-5-2-7-17(22)11-15;/h1,3-4,6,8-10,12,15,17H,2,5,7,11,13,22H2,(H,23,24);1H. The van der Waals surface area contributed by atoms with Gasteiger partial charge in [0.1, 0.15) is 18.2 Å². The first-order valence-electron chi connectivity index (χ1n) is 8.64. The molecule has 3 rings (SSSR count). The van der Waals surface area contributed by atoms with Crippen LogP contribution in [0.5, 0.6) is 5.75 Å². The maximum atomic E-state index is 13.2. The molecule has 0 aliphatic heterocycles. The average Bonchev–Trinajstić information content (AvgIpc) is 2.60. The largest absolute Gasteiger partial charge is 0.489 e. The molecule has 0 saturated heterocycles. The van der Waals surface area contributed by atoms with Gasteiger partial charge < -0.3 is 15.8 Å². The predicted octanol–water partition coefficient (Wildman–Crippen LogP) is 4.28. The minimum atomic E-state index is -0.284. The highest BCUT2D eigenvalue weighted by atomic mass is 35.5. The molecule has 1 aliphatic rings. The maximum absolute atomic E-state index is 13.2. The number of anilines is 1. The van der Waals surface area contributed by atoms with Gasteiger partial charge in [-0.05, 0) is 49.1 Å². The lowest BCUT2D eigenvalue weighted by Gasteiger charge is -2.25. The van der Waals surface area contributed by atoms with Crippen LogP contribution >= 0.6 is 12.4 Å². The van der Waals surface area contributed by atoms with E-state index in [1.54, 1.807) is 18.2 Å². The molecule has 2 aromatic carbocycles. The zero-order valence-electron chi connectivity index (χ0n) is 14.5. The molecule has 2 atom stereocenters. The van der Waals surface area contributed by atoms with Crippen molar-refractivity contribution in [1.29, 1.82) is 0 Å². The second kappa shape index (κ2) is 9.55. The van der Waals surface area contributed by atoms with Crippen LogP contribution in [0.25, 0.3) is 0 Å². The fraction of sp³-hybridized carbons (Fsp3) is 0.350. The van der Waals surface area contributed by atoms with E-state index in [0.717, 1.165) is 31.2 Å². The fourth-order valence-electron chi connectivity index (χ4n) is 3.17. The van der Waals surface area contributed by atoms with Crippen LogP contribution in [-0.2, 0) is 11.4 Å². The van der Waals surface area contributed by atoms with Crippen molar-refractivity contribution in [3.63, 3.8) is 0 Å². The lowest BCUT2D eigenvalue weighted by atomic mass is 9.85. The highest BCUT2D eigenvalue weighted by Gasteiger charge is 2.25. The molecule has 0 bridgehead atoms. The second-order valence-corrected chi connectivity index (χ2v) is 6.56. The van der Waals surface area contributed by atoms with E-state index in [4.69, 9.17) is 10.5 Å². The molecule has 1 aliphatic carbocycles. The third-order valence-electron chi connectivity index (χ3n) is 4.48. The van der Waals surface area contributed by atoms with Gasteiger partial charge >= 0.3 is 0 Å². The SMILES string of the molecule is Cl.NC1CCCC(C(=O)Nc2cccc(OCc3cccc(F)c3)c2)C1. The summed E-state index contributed by atoms with van der Waals surface area (Å²) < 4.78 is 18.9. The van der Waals surface area contributed by atoms with Gasteiger partial charge in [0.15, 0.2) is 0 Å². The molecule has 6 heteroatoms. The molecule has 3 N–H and O–H groups in total. The number of nitrogens with two attached hydrogens (primary N) is 1. The van der Waals surface area contributed by atoms with Crippen LogP contribution in [-0.4, -0.2) is 11.9 Å². The Morgan fingerprint density at radius 1 is 1.19 bits per heavy atom. The summed E-state index contributed by atoms with van der Waals surface area (Å²) in [7, 11) is 0. The molecule has 0 aromatic heterocycles. The number of nitrogens with one attached hydrogen (secondary N) is 1. The number of halogens is 2. The highest BCUT2D eigenvalue weighted by molar-refractivity contribution is 5.92. The van der Waals surface area contributed by atoms with E-state index in [2.05, 4.69) is 5.32 Å². The molecule has 0 spiro atoms.